The number of Topliss-reactive ketones (excluding diaryl/α,β-unsaturated/α-hetero) is 1. The van der Waals surface area contributed by atoms with E-state index in [1.165, 1.54) is 6.42 Å². The quantitative estimate of drug-likeness (QED) is 0.683. The number of carboxylic acid groups (broad SMARTS) is 1. The normalized spacial score (nSPS) is 18.2. The molecular formula is C9H14O4. The summed E-state index contributed by atoms with van der Waals surface area (Å²) in [6, 6.07) is 0. The van der Waals surface area contributed by atoms with Gasteiger partial charge >= 0.3 is 6.16 Å². The van der Waals surface area contributed by atoms with Crippen molar-refractivity contribution in [2.75, 3.05) is 6.61 Å². The molecular weight excluding hydrogens is 172 g/mol. The Bertz CT molecular complexity index is 194. The molecule has 0 heterocycles. The van der Waals surface area contributed by atoms with E-state index < -0.39 is 6.16 Å². The standard InChI is InChI=1S/C9H14O4/c10-8(6-13-9(11)12)7-4-2-1-3-5-7/h7H,1-6H2,(H,11,12). The Balaban J connectivity index is 2.25. The smallest absolute Gasteiger partial charge is 0.450 e. The van der Waals surface area contributed by atoms with Crippen LogP contribution in [0.15, 0.2) is 0 Å². The number of carbonyl (C=O) groups is 2. The first kappa shape index (κ1) is 10.0. The zero-order valence-electron chi connectivity index (χ0n) is 7.49. The Morgan fingerprint density at radius 2 is 1.85 bits per heavy atom. The van der Waals surface area contributed by atoms with E-state index in [4.69, 9.17) is 5.11 Å². The van der Waals surface area contributed by atoms with E-state index in [2.05, 4.69) is 4.74 Å². The van der Waals surface area contributed by atoms with Gasteiger partial charge in [-0.25, -0.2) is 4.79 Å². The lowest BCUT2D eigenvalue weighted by Gasteiger charge is -2.19. The zero-order valence-corrected chi connectivity index (χ0v) is 7.49. The zero-order chi connectivity index (χ0) is 9.68. The first-order chi connectivity index (χ1) is 6.20. The van der Waals surface area contributed by atoms with Crippen molar-refractivity contribution in [3.63, 3.8) is 0 Å². The van der Waals surface area contributed by atoms with E-state index in [0.717, 1.165) is 25.7 Å². The Kier molecular flexibility index (Phi) is 3.73. The summed E-state index contributed by atoms with van der Waals surface area (Å²) in [7, 11) is 0. The molecule has 0 atom stereocenters. The molecule has 0 bridgehead atoms. The van der Waals surface area contributed by atoms with Crippen LogP contribution in [0.1, 0.15) is 32.1 Å². The molecule has 1 aliphatic carbocycles. The molecule has 0 aliphatic heterocycles. The summed E-state index contributed by atoms with van der Waals surface area (Å²) >= 11 is 0. The molecule has 0 aromatic carbocycles. The Morgan fingerprint density at radius 1 is 1.23 bits per heavy atom. The number of hydrogen-bond acceptors (Lipinski definition) is 3. The van der Waals surface area contributed by atoms with Gasteiger partial charge in [-0.05, 0) is 12.8 Å². The van der Waals surface area contributed by atoms with E-state index in [-0.39, 0.29) is 18.3 Å². The van der Waals surface area contributed by atoms with Crippen LogP contribution in [-0.2, 0) is 9.53 Å². The molecule has 1 rings (SSSR count). The van der Waals surface area contributed by atoms with Gasteiger partial charge in [0, 0.05) is 5.92 Å². The fraction of sp³-hybridized carbons (Fsp3) is 0.778. The highest BCUT2D eigenvalue weighted by Crippen LogP contribution is 2.24. The SMILES string of the molecule is O=C(O)OCC(=O)C1CCCCC1. The summed E-state index contributed by atoms with van der Waals surface area (Å²) < 4.78 is 4.22. The van der Waals surface area contributed by atoms with Gasteiger partial charge in [0.1, 0.15) is 0 Å². The average molecular weight is 186 g/mol. The molecule has 0 aromatic rings. The van der Waals surface area contributed by atoms with Crippen molar-refractivity contribution in [1.29, 1.82) is 0 Å². The van der Waals surface area contributed by atoms with Gasteiger partial charge in [0.05, 0.1) is 0 Å². The number of ketones is 1. The molecule has 13 heavy (non-hydrogen) atoms. The van der Waals surface area contributed by atoms with Crippen molar-refractivity contribution >= 4 is 11.9 Å². The highest BCUT2D eigenvalue weighted by atomic mass is 16.7. The van der Waals surface area contributed by atoms with Gasteiger partial charge in [-0.15, -0.1) is 0 Å². The van der Waals surface area contributed by atoms with Crippen molar-refractivity contribution in [3.05, 3.63) is 0 Å². The molecule has 0 radical (unpaired) electrons. The lowest BCUT2D eigenvalue weighted by atomic mass is 9.86. The van der Waals surface area contributed by atoms with Gasteiger partial charge < -0.3 is 9.84 Å². The van der Waals surface area contributed by atoms with Crippen molar-refractivity contribution < 1.29 is 19.4 Å². The van der Waals surface area contributed by atoms with E-state index >= 15 is 0 Å². The summed E-state index contributed by atoms with van der Waals surface area (Å²) in [6.45, 7) is -0.278. The molecule has 74 valence electrons. The Hall–Kier alpha value is -1.06. The van der Waals surface area contributed by atoms with Crippen molar-refractivity contribution in [2.24, 2.45) is 5.92 Å². The summed E-state index contributed by atoms with van der Waals surface area (Å²) in [5.74, 6) is -0.0322. The minimum Gasteiger partial charge on any atom is -0.450 e. The first-order valence-corrected chi connectivity index (χ1v) is 4.58. The molecule has 0 aromatic heterocycles. The van der Waals surface area contributed by atoms with Crippen LogP contribution in [0.4, 0.5) is 4.79 Å². The van der Waals surface area contributed by atoms with Crippen LogP contribution in [0.25, 0.3) is 0 Å². The molecule has 1 aliphatic rings. The van der Waals surface area contributed by atoms with Gasteiger partial charge in [0.15, 0.2) is 12.4 Å². The maximum Gasteiger partial charge on any atom is 0.506 e. The Morgan fingerprint density at radius 3 is 2.38 bits per heavy atom. The molecule has 1 saturated carbocycles. The highest BCUT2D eigenvalue weighted by Gasteiger charge is 2.21. The molecule has 0 spiro atoms. The second-order valence-electron chi connectivity index (χ2n) is 3.36. The van der Waals surface area contributed by atoms with E-state index in [0.29, 0.717) is 0 Å². The fourth-order valence-electron chi connectivity index (χ4n) is 1.68. The lowest BCUT2D eigenvalue weighted by Crippen LogP contribution is -2.23. The Labute approximate surface area is 76.9 Å². The molecule has 1 N–H and O–H groups in total. The minimum atomic E-state index is -1.37. The average Bonchev–Trinajstić information content (AvgIpc) is 2.15. The van der Waals surface area contributed by atoms with Crippen LogP contribution >= 0.6 is 0 Å². The largest absolute Gasteiger partial charge is 0.506 e. The third-order valence-corrected chi connectivity index (χ3v) is 2.40. The van der Waals surface area contributed by atoms with E-state index in [1.54, 1.807) is 0 Å². The van der Waals surface area contributed by atoms with E-state index in [9.17, 15) is 9.59 Å². The number of hydrogen-bond donors (Lipinski definition) is 1. The third kappa shape index (κ3) is 3.44. The second-order valence-corrected chi connectivity index (χ2v) is 3.36. The summed E-state index contributed by atoms with van der Waals surface area (Å²) in [5.41, 5.74) is 0. The number of ether oxygens (including phenoxy) is 1. The van der Waals surface area contributed by atoms with Gasteiger partial charge in [-0.2, -0.15) is 0 Å². The molecule has 4 heteroatoms. The molecule has 0 saturated heterocycles. The van der Waals surface area contributed by atoms with Gasteiger partial charge in [-0.1, -0.05) is 19.3 Å². The first-order valence-electron chi connectivity index (χ1n) is 4.58. The maximum atomic E-state index is 11.3. The lowest BCUT2D eigenvalue weighted by molar-refractivity contribution is -0.127. The minimum absolute atomic E-state index is 0.0353. The summed E-state index contributed by atoms with van der Waals surface area (Å²) in [6.07, 6.45) is 3.74. The predicted octanol–water partition coefficient (Wildman–Crippen LogP) is 1.83. The van der Waals surface area contributed by atoms with Crippen LogP contribution in [0, 0.1) is 5.92 Å². The van der Waals surface area contributed by atoms with Gasteiger partial charge in [-0.3, -0.25) is 4.79 Å². The summed E-state index contributed by atoms with van der Waals surface area (Å²) in [5, 5.41) is 8.19. The topological polar surface area (TPSA) is 63.6 Å². The van der Waals surface area contributed by atoms with Crippen molar-refractivity contribution in [3.8, 4) is 0 Å². The van der Waals surface area contributed by atoms with Gasteiger partial charge in [0.2, 0.25) is 0 Å². The number of rotatable bonds is 3. The number of carbonyl (C=O) groups excluding carboxylic acids is 1. The van der Waals surface area contributed by atoms with Crippen molar-refractivity contribution in [1.82, 2.24) is 0 Å². The van der Waals surface area contributed by atoms with E-state index in [1.807, 2.05) is 0 Å². The van der Waals surface area contributed by atoms with Crippen LogP contribution in [0.5, 0.6) is 0 Å². The molecule has 0 unspecified atom stereocenters. The highest BCUT2D eigenvalue weighted by molar-refractivity contribution is 5.83. The monoisotopic (exact) mass is 186 g/mol. The molecule has 4 nitrogen and oxygen atoms in total. The summed E-state index contributed by atoms with van der Waals surface area (Å²) in [4.78, 5) is 21.3. The van der Waals surface area contributed by atoms with Crippen molar-refractivity contribution in [2.45, 2.75) is 32.1 Å². The maximum absolute atomic E-state index is 11.3. The van der Waals surface area contributed by atoms with Crippen LogP contribution in [-0.4, -0.2) is 23.7 Å². The molecule has 0 amide bonds. The molecule has 1 fully saturated rings. The fourth-order valence-corrected chi connectivity index (χ4v) is 1.68. The van der Waals surface area contributed by atoms with Crippen LogP contribution < -0.4 is 0 Å². The van der Waals surface area contributed by atoms with Crippen LogP contribution in [0.2, 0.25) is 0 Å². The van der Waals surface area contributed by atoms with Gasteiger partial charge in [0.25, 0.3) is 0 Å². The van der Waals surface area contributed by atoms with Crippen LogP contribution in [0.3, 0.4) is 0 Å². The predicted molar refractivity (Wildman–Crippen MR) is 45.6 cm³/mol. The third-order valence-electron chi connectivity index (χ3n) is 2.40. The second kappa shape index (κ2) is 4.84.